The van der Waals surface area contributed by atoms with Crippen molar-refractivity contribution in [2.45, 2.75) is 108 Å². The molecule has 2 aliphatic rings. The van der Waals surface area contributed by atoms with Gasteiger partial charge in [0.25, 0.3) is 5.91 Å². The summed E-state index contributed by atoms with van der Waals surface area (Å²) in [7, 11) is -3.86. The Bertz CT molecular complexity index is 1540. The zero-order valence-electron chi connectivity index (χ0n) is 28.8. The van der Waals surface area contributed by atoms with Crippen molar-refractivity contribution in [3.8, 4) is 0 Å². The third-order valence-electron chi connectivity index (χ3n) is 9.80. The van der Waals surface area contributed by atoms with E-state index in [-0.39, 0.29) is 23.7 Å². The smallest absolute Gasteiger partial charge is 0.262 e. The fourth-order valence-corrected chi connectivity index (χ4v) is 8.36. The molecule has 13 heteroatoms. The van der Waals surface area contributed by atoms with Crippen LogP contribution in [0.15, 0.2) is 42.5 Å². The van der Waals surface area contributed by atoms with Gasteiger partial charge in [0.05, 0.1) is 32.1 Å². The Morgan fingerprint density at radius 3 is 2.23 bits per heavy atom. The Labute approximate surface area is 294 Å². The first-order valence-corrected chi connectivity index (χ1v) is 19.8. The van der Waals surface area contributed by atoms with Crippen molar-refractivity contribution >= 4 is 50.5 Å². The van der Waals surface area contributed by atoms with Crippen LogP contribution < -0.4 is 16.0 Å². The minimum atomic E-state index is -3.86. The van der Waals surface area contributed by atoms with Gasteiger partial charge < -0.3 is 21.1 Å². The van der Waals surface area contributed by atoms with Gasteiger partial charge in [-0.15, -0.1) is 11.3 Å². The van der Waals surface area contributed by atoms with Crippen molar-refractivity contribution in [1.82, 2.24) is 20.9 Å². The number of thiophene rings is 1. The van der Waals surface area contributed by atoms with Crippen molar-refractivity contribution in [3.63, 3.8) is 0 Å². The number of piperidine rings is 1. The van der Waals surface area contributed by atoms with Gasteiger partial charge in [-0.1, -0.05) is 61.2 Å². The number of aliphatic hydroxyl groups excluding tert-OH is 1. The minimum Gasteiger partial charge on any atom is -0.390 e. The van der Waals surface area contributed by atoms with Gasteiger partial charge in [-0.2, -0.15) is 0 Å². The summed E-state index contributed by atoms with van der Waals surface area (Å²) in [5.41, 5.74) is 0.431. The minimum absolute atomic E-state index is 0.0753. The zero-order chi connectivity index (χ0) is 35.4. The van der Waals surface area contributed by atoms with Gasteiger partial charge in [-0.05, 0) is 83.4 Å². The van der Waals surface area contributed by atoms with E-state index in [0.29, 0.717) is 29.1 Å². The first-order valence-electron chi connectivity index (χ1n) is 16.7. The molecular formula is C35H51ClN4O6S2. The van der Waals surface area contributed by atoms with Crippen LogP contribution in [-0.4, -0.2) is 90.0 Å². The number of aliphatic hydroxyl groups is 1. The zero-order valence-corrected chi connectivity index (χ0v) is 31.2. The number of rotatable bonds is 12. The number of nitrogens with one attached hydrogen (secondary N) is 3. The van der Waals surface area contributed by atoms with E-state index < -0.39 is 56.2 Å². The molecule has 1 saturated carbocycles. The molecule has 0 radical (unpaired) electrons. The van der Waals surface area contributed by atoms with E-state index in [1.807, 2.05) is 51.1 Å². The van der Waals surface area contributed by atoms with Crippen LogP contribution in [0.2, 0.25) is 4.34 Å². The van der Waals surface area contributed by atoms with Crippen LogP contribution in [-0.2, 0) is 25.8 Å². The van der Waals surface area contributed by atoms with Gasteiger partial charge in [0.15, 0.2) is 9.84 Å². The fraction of sp³-hybridized carbons (Fsp3) is 0.629. The number of nitrogens with zero attached hydrogens (tertiary/aromatic N) is 1. The summed E-state index contributed by atoms with van der Waals surface area (Å²) in [6, 6.07) is 9.66. The standard InChI is InChI=1S/C35H51ClN4O6S2/c1-34(2,3)39-31(42)26-19-23-14-10-11-15-24(23)20-40(26)21-27(41)25(18-22-12-8-7-9-13-22)37-33(44)30(35(4,5)48(6,45)46)38-32(43)28-16-17-29(36)47-28/h7-9,12-13,16-17,23-27,30,41H,10-11,14-15,18-21H2,1-6H3,(H,37,44)(H,38,43)(H,39,42)/t23-,24+,25-,26-,27+,30+/m0/s1. The molecule has 1 aromatic carbocycles. The van der Waals surface area contributed by atoms with Crippen molar-refractivity contribution in [2.75, 3.05) is 19.3 Å². The second-order valence-corrected chi connectivity index (χ2v) is 19.3. The van der Waals surface area contributed by atoms with Gasteiger partial charge in [-0.3, -0.25) is 19.3 Å². The van der Waals surface area contributed by atoms with E-state index in [2.05, 4.69) is 20.9 Å². The van der Waals surface area contributed by atoms with E-state index in [4.69, 9.17) is 11.6 Å². The van der Waals surface area contributed by atoms with Crippen LogP contribution in [0.25, 0.3) is 0 Å². The third kappa shape index (κ3) is 9.80. The maximum Gasteiger partial charge on any atom is 0.262 e. The molecule has 1 aliphatic carbocycles. The lowest BCUT2D eigenvalue weighted by Gasteiger charge is -2.47. The number of amides is 3. The molecule has 0 spiro atoms. The average molecular weight is 723 g/mol. The Morgan fingerprint density at radius 1 is 1.00 bits per heavy atom. The predicted molar refractivity (Wildman–Crippen MR) is 191 cm³/mol. The summed E-state index contributed by atoms with van der Waals surface area (Å²) in [4.78, 5) is 43.2. The number of halogens is 1. The molecule has 4 N–H and O–H groups in total. The quantitative estimate of drug-likeness (QED) is 0.257. The molecule has 266 valence electrons. The molecule has 6 atom stereocenters. The summed E-state index contributed by atoms with van der Waals surface area (Å²) >= 11 is 7.05. The van der Waals surface area contributed by atoms with Crippen molar-refractivity contribution < 1.29 is 27.9 Å². The third-order valence-corrected chi connectivity index (χ3v) is 13.2. The van der Waals surface area contributed by atoms with Crippen molar-refractivity contribution in [3.05, 3.63) is 57.2 Å². The van der Waals surface area contributed by atoms with E-state index in [9.17, 15) is 27.9 Å². The Hall–Kier alpha value is -2.51. The maximum atomic E-state index is 14.1. The second kappa shape index (κ2) is 15.6. The van der Waals surface area contributed by atoms with E-state index in [1.165, 1.54) is 19.9 Å². The van der Waals surface area contributed by atoms with E-state index in [1.54, 1.807) is 6.07 Å². The number of fused-ring (bicyclic) bond motifs is 1. The van der Waals surface area contributed by atoms with Gasteiger partial charge >= 0.3 is 0 Å². The number of hydrogen-bond acceptors (Lipinski definition) is 8. The van der Waals surface area contributed by atoms with Crippen LogP contribution in [0.4, 0.5) is 0 Å². The lowest BCUT2D eigenvalue weighted by molar-refractivity contribution is -0.133. The first-order chi connectivity index (χ1) is 22.4. The van der Waals surface area contributed by atoms with Crippen LogP contribution in [0, 0.1) is 11.8 Å². The van der Waals surface area contributed by atoms with Crippen molar-refractivity contribution in [1.29, 1.82) is 0 Å². The molecular weight excluding hydrogens is 672 g/mol. The molecule has 2 aromatic rings. The molecule has 2 fully saturated rings. The largest absolute Gasteiger partial charge is 0.390 e. The lowest BCUT2D eigenvalue weighted by atomic mass is 9.72. The highest BCUT2D eigenvalue weighted by Gasteiger charge is 2.46. The number of carbonyl (C=O) groups is 3. The van der Waals surface area contributed by atoms with E-state index >= 15 is 0 Å². The van der Waals surface area contributed by atoms with Gasteiger partial charge in [0.2, 0.25) is 11.8 Å². The summed E-state index contributed by atoms with van der Waals surface area (Å²) in [5.74, 6) is -0.577. The fourth-order valence-electron chi connectivity index (χ4n) is 6.82. The number of hydrogen-bond donors (Lipinski definition) is 4. The molecule has 0 bridgehead atoms. The molecule has 1 aliphatic heterocycles. The number of carbonyl (C=O) groups excluding carboxylic acids is 3. The highest BCUT2D eigenvalue weighted by Crippen LogP contribution is 2.39. The van der Waals surface area contributed by atoms with Gasteiger partial charge in [-0.25, -0.2) is 8.42 Å². The second-order valence-electron chi connectivity index (χ2n) is 15.0. The molecule has 0 unspecified atom stereocenters. The summed E-state index contributed by atoms with van der Waals surface area (Å²) < 4.78 is 24.6. The molecule has 4 rings (SSSR count). The molecule has 48 heavy (non-hydrogen) atoms. The summed E-state index contributed by atoms with van der Waals surface area (Å²) in [6.45, 7) is 9.42. The topological polar surface area (TPSA) is 145 Å². The molecule has 2 heterocycles. The highest BCUT2D eigenvalue weighted by atomic mass is 35.5. The van der Waals surface area contributed by atoms with Gasteiger partial charge in [0.1, 0.15) is 6.04 Å². The van der Waals surface area contributed by atoms with Crippen LogP contribution in [0.5, 0.6) is 0 Å². The monoisotopic (exact) mass is 722 g/mol. The number of likely N-dealkylation sites (tertiary alicyclic amines) is 1. The van der Waals surface area contributed by atoms with Gasteiger partial charge in [0, 0.05) is 24.9 Å². The summed E-state index contributed by atoms with van der Waals surface area (Å²) in [5, 5.41) is 20.6. The predicted octanol–water partition coefficient (Wildman–Crippen LogP) is 4.21. The molecule has 1 aromatic heterocycles. The van der Waals surface area contributed by atoms with Crippen molar-refractivity contribution in [2.24, 2.45) is 11.8 Å². The van der Waals surface area contributed by atoms with Crippen LogP contribution in [0.3, 0.4) is 0 Å². The van der Waals surface area contributed by atoms with Crippen LogP contribution >= 0.6 is 22.9 Å². The number of benzene rings is 1. The Balaban J connectivity index is 1.62. The first kappa shape index (κ1) is 38.3. The molecule has 1 saturated heterocycles. The van der Waals surface area contributed by atoms with E-state index in [0.717, 1.165) is 48.8 Å². The lowest BCUT2D eigenvalue weighted by Crippen LogP contribution is -2.64. The summed E-state index contributed by atoms with van der Waals surface area (Å²) in [6.07, 6.45) is 5.32. The molecule has 10 nitrogen and oxygen atoms in total. The maximum absolute atomic E-state index is 14.1. The average Bonchev–Trinajstić information content (AvgIpc) is 3.44. The van der Waals surface area contributed by atoms with Crippen LogP contribution in [0.1, 0.15) is 82.0 Å². The highest BCUT2D eigenvalue weighted by molar-refractivity contribution is 7.92. The Morgan fingerprint density at radius 2 is 1.65 bits per heavy atom. The normalized spacial score (nSPS) is 22.5. The Kier molecular flexibility index (Phi) is 12.4. The SMILES string of the molecule is CC(C)(C)NC(=O)[C@@H]1C[C@@H]2CCCC[C@@H]2CN1C[C@@H](O)[C@H](Cc1ccccc1)NC(=O)[C@@H](NC(=O)c1ccc(Cl)s1)C(C)(C)S(C)(=O)=O. The number of sulfone groups is 1. The molecule has 3 amide bonds. The number of β-amino-alcohol motifs (C(OH)–C–C–N with tert-alkyl or cyclic N) is 1.